The molecule has 2 bridgehead atoms. The van der Waals surface area contributed by atoms with Crippen molar-refractivity contribution in [3.63, 3.8) is 0 Å². The second-order valence-electron chi connectivity index (χ2n) is 6.95. The molecule has 4 heterocycles. The maximum absolute atomic E-state index is 10.9. The van der Waals surface area contributed by atoms with Crippen LogP contribution < -0.4 is 10.5 Å². The topological polar surface area (TPSA) is 84.5 Å². The molecule has 2 aromatic heterocycles. The summed E-state index contributed by atoms with van der Waals surface area (Å²) < 4.78 is 5.22. The largest absolute Gasteiger partial charge is 0.481 e. The molecule has 3 unspecified atom stereocenters. The summed E-state index contributed by atoms with van der Waals surface area (Å²) in [5, 5.41) is 10.9. The lowest BCUT2D eigenvalue weighted by atomic mass is 9.97. The number of nitrogens with zero attached hydrogens (tertiary/aromatic N) is 3. The van der Waals surface area contributed by atoms with Gasteiger partial charge < -0.3 is 15.6 Å². The van der Waals surface area contributed by atoms with Crippen LogP contribution in [0.15, 0.2) is 24.4 Å². The highest BCUT2D eigenvalue weighted by molar-refractivity contribution is 5.78. The second-order valence-corrected chi connectivity index (χ2v) is 6.95. The van der Waals surface area contributed by atoms with Gasteiger partial charge in [0.05, 0.1) is 24.2 Å². The number of ether oxygens (including phenoxy) is 1. The van der Waals surface area contributed by atoms with Crippen molar-refractivity contribution in [2.75, 3.05) is 13.7 Å². The summed E-state index contributed by atoms with van der Waals surface area (Å²) in [5.74, 6) is 0.535. The Kier molecular flexibility index (Phi) is 4.12. The molecular formula is C18H24N4O2. The molecule has 3 N–H and O–H groups in total. The van der Waals surface area contributed by atoms with E-state index in [1.807, 2.05) is 12.1 Å². The number of methoxy groups -OCH3 is 1. The van der Waals surface area contributed by atoms with E-state index in [0.717, 1.165) is 23.9 Å². The van der Waals surface area contributed by atoms with E-state index in [9.17, 15) is 5.11 Å². The first-order valence-corrected chi connectivity index (χ1v) is 8.64. The average Bonchev–Trinajstić information content (AvgIpc) is 2.83. The van der Waals surface area contributed by atoms with Crippen LogP contribution in [0.5, 0.6) is 5.88 Å². The van der Waals surface area contributed by atoms with E-state index >= 15 is 0 Å². The third-order valence-electron chi connectivity index (χ3n) is 5.46. The molecule has 0 aliphatic carbocycles. The fraction of sp³-hybridized carbons (Fsp3) is 0.556. The van der Waals surface area contributed by atoms with E-state index in [-0.39, 0.29) is 0 Å². The lowest BCUT2D eigenvalue weighted by molar-refractivity contribution is 0.0571. The summed E-state index contributed by atoms with van der Waals surface area (Å²) >= 11 is 0. The number of aromatic nitrogens is 2. The van der Waals surface area contributed by atoms with E-state index in [1.54, 1.807) is 19.4 Å². The fourth-order valence-electron chi connectivity index (χ4n) is 4.32. The number of nitrogens with two attached hydrogens (primary N) is 1. The zero-order valence-electron chi connectivity index (χ0n) is 13.9. The van der Waals surface area contributed by atoms with Crippen molar-refractivity contribution in [1.82, 2.24) is 14.9 Å². The first kappa shape index (κ1) is 15.7. The number of aliphatic hydroxyl groups excluding tert-OH is 1. The number of piperidine rings is 1. The molecule has 2 aliphatic heterocycles. The fourth-order valence-corrected chi connectivity index (χ4v) is 4.32. The highest BCUT2D eigenvalue weighted by Gasteiger charge is 2.40. The van der Waals surface area contributed by atoms with Crippen LogP contribution in [0.1, 0.15) is 37.4 Å². The van der Waals surface area contributed by atoms with Crippen molar-refractivity contribution in [3.05, 3.63) is 30.0 Å². The average molecular weight is 328 g/mol. The first-order chi connectivity index (χ1) is 11.7. The first-order valence-electron chi connectivity index (χ1n) is 8.64. The van der Waals surface area contributed by atoms with E-state index in [0.29, 0.717) is 36.1 Å². The van der Waals surface area contributed by atoms with Gasteiger partial charge in [-0.05, 0) is 37.8 Å². The molecule has 2 aliphatic rings. The maximum atomic E-state index is 10.9. The number of pyridine rings is 2. The van der Waals surface area contributed by atoms with Crippen LogP contribution >= 0.6 is 0 Å². The molecule has 4 rings (SSSR count). The summed E-state index contributed by atoms with van der Waals surface area (Å²) in [7, 11) is 1.59. The molecule has 2 saturated heterocycles. The van der Waals surface area contributed by atoms with Crippen LogP contribution in [0.2, 0.25) is 0 Å². The van der Waals surface area contributed by atoms with Crippen LogP contribution in [0.25, 0.3) is 11.0 Å². The minimum absolute atomic E-state index is 0.309. The number of aliphatic hydroxyl groups is 1. The van der Waals surface area contributed by atoms with E-state index in [2.05, 4.69) is 14.9 Å². The van der Waals surface area contributed by atoms with Gasteiger partial charge in [0, 0.05) is 42.5 Å². The molecule has 0 radical (unpaired) electrons. The molecule has 6 nitrogen and oxygen atoms in total. The Morgan fingerprint density at radius 3 is 2.75 bits per heavy atom. The van der Waals surface area contributed by atoms with Crippen LogP contribution in [-0.2, 0) is 0 Å². The van der Waals surface area contributed by atoms with Gasteiger partial charge in [-0.2, -0.15) is 0 Å². The molecule has 0 amide bonds. The maximum Gasteiger partial charge on any atom is 0.213 e. The van der Waals surface area contributed by atoms with Gasteiger partial charge in [-0.25, -0.2) is 4.98 Å². The molecule has 2 aromatic rings. The molecule has 0 spiro atoms. The lowest BCUT2D eigenvalue weighted by Gasteiger charge is -2.38. The van der Waals surface area contributed by atoms with Gasteiger partial charge in [-0.15, -0.1) is 0 Å². The Morgan fingerprint density at radius 2 is 2.04 bits per heavy atom. The summed E-state index contributed by atoms with van der Waals surface area (Å²) in [6.07, 6.45) is 5.59. The van der Waals surface area contributed by atoms with Crippen LogP contribution in [-0.4, -0.2) is 51.8 Å². The molecular weight excluding hydrogens is 304 g/mol. The zero-order chi connectivity index (χ0) is 16.7. The summed E-state index contributed by atoms with van der Waals surface area (Å²) in [6.45, 7) is 0.625. The highest BCUT2D eigenvalue weighted by atomic mass is 16.5. The summed E-state index contributed by atoms with van der Waals surface area (Å²) in [5.41, 5.74) is 8.45. The Hall–Kier alpha value is -1.76. The second kappa shape index (κ2) is 6.27. The van der Waals surface area contributed by atoms with Gasteiger partial charge in [-0.3, -0.25) is 9.88 Å². The SMILES string of the molecule is COc1ccc2nccc(C(O)CN3C4CCC3CC(N)C4)c2n1. The quantitative estimate of drug-likeness (QED) is 0.887. The third kappa shape index (κ3) is 2.75. The van der Waals surface area contributed by atoms with Gasteiger partial charge in [0.2, 0.25) is 5.88 Å². The smallest absolute Gasteiger partial charge is 0.213 e. The number of hydrogen-bond donors (Lipinski definition) is 2. The van der Waals surface area contributed by atoms with Crippen LogP contribution in [0.3, 0.4) is 0 Å². The molecule has 0 saturated carbocycles. The number of rotatable bonds is 4. The molecule has 6 heteroatoms. The van der Waals surface area contributed by atoms with Gasteiger partial charge >= 0.3 is 0 Å². The molecule has 3 atom stereocenters. The molecule has 2 fully saturated rings. The Labute approximate surface area is 141 Å². The van der Waals surface area contributed by atoms with Gasteiger partial charge in [0.1, 0.15) is 0 Å². The van der Waals surface area contributed by atoms with E-state index < -0.39 is 6.10 Å². The Bertz CT molecular complexity index is 724. The predicted molar refractivity (Wildman–Crippen MR) is 91.8 cm³/mol. The third-order valence-corrected chi connectivity index (χ3v) is 5.46. The normalized spacial score (nSPS) is 28.2. The standard InChI is InChI=1S/C18H24N4O2/c1-24-17-5-4-15-18(21-17)14(6-7-20-15)16(23)10-22-12-2-3-13(22)9-11(19)8-12/h4-7,11-13,16,23H,2-3,8-10,19H2,1H3. The molecule has 24 heavy (non-hydrogen) atoms. The number of hydrogen-bond acceptors (Lipinski definition) is 6. The van der Waals surface area contributed by atoms with Crippen molar-refractivity contribution in [2.45, 2.75) is 49.9 Å². The van der Waals surface area contributed by atoms with Crippen LogP contribution in [0.4, 0.5) is 0 Å². The molecule has 0 aromatic carbocycles. The highest BCUT2D eigenvalue weighted by Crippen LogP contribution is 2.36. The van der Waals surface area contributed by atoms with E-state index in [1.165, 1.54) is 12.8 Å². The lowest BCUT2D eigenvalue weighted by Crippen LogP contribution is -2.48. The Morgan fingerprint density at radius 1 is 1.29 bits per heavy atom. The monoisotopic (exact) mass is 328 g/mol. The Balaban J connectivity index is 1.61. The van der Waals surface area contributed by atoms with Crippen molar-refractivity contribution in [1.29, 1.82) is 0 Å². The summed E-state index contributed by atoms with van der Waals surface area (Å²) in [6, 6.07) is 6.84. The van der Waals surface area contributed by atoms with E-state index in [4.69, 9.17) is 10.5 Å². The molecule has 128 valence electrons. The minimum atomic E-state index is -0.590. The number of fused-ring (bicyclic) bond motifs is 3. The van der Waals surface area contributed by atoms with Crippen molar-refractivity contribution < 1.29 is 9.84 Å². The van der Waals surface area contributed by atoms with Gasteiger partial charge in [0.15, 0.2) is 0 Å². The zero-order valence-corrected chi connectivity index (χ0v) is 13.9. The van der Waals surface area contributed by atoms with Crippen molar-refractivity contribution in [2.24, 2.45) is 5.73 Å². The van der Waals surface area contributed by atoms with Crippen LogP contribution in [0, 0.1) is 0 Å². The summed E-state index contributed by atoms with van der Waals surface area (Å²) in [4.78, 5) is 11.3. The van der Waals surface area contributed by atoms with Crippen molar-refractivity contribution in [3.8, 4) is 5.88 Å². The van der Waals surface area contributed by atoms with Crippen molar-refractivity contribution >= 4 is 11.0 Å². The van der Waals surface area contributed by atoms with Gasteiger partial charge in [0.25, 0.3) is 0 Å². The van der Waals surface area contributed by atoms with Gasteiger partial charge in [-0.1, -0.05) is 0 Å². The predicted octanol–water partition coefficient (Wildman–Crippen LogP) is 1.63. The minimum Gasteiger partial charge on any atom is -0.481 e.